The molecule has 30 heavy (non-hydrogen) atoms. The number of alkyl halides is 3. The molecular weight excluding hydrogens is 417 g/mol. The SMILES string of the molecule is CSCC(c1ccc(C(F)(F)F)cc1)C(COC(=O)C(C)(C)C)C(=O)OC(C)(C)C. The van der Waals surface area contributed by atoms with Gasteiger partial charge < -0.3 is 9.47 Å². The summed E-state index contributed by atoms with van der Waals surface area (Å²) in [6.07, 6.45) is -2.61. The first-order valence-electron chi connectivity index (χ1n) is 9.62. The highest BCUT2D eigenvalue weighted by atomic mass is 32.2. The zero-order chi connectivity index (χ0) is 23.3. The Morgan fingerprint density at radius 1 is 1.00 bits per heavy atom. The molecule has 0 saturated carbocycles. The summed E-state index contributed by atoms with van der Waals surface area (Å²) in [5.41, 5.74) is -1.71. The molecule has 0 heterocycles. The third-order valence-electron chi connectivity index (χ3n) is 4.21. The first kappa shape index (κ1) is 26.3. The van der Waals surface area contributed by atoms with Gasteiger partial charge in [-0.2, -0.15) is 24.9 Å². The molecule has 1 aromatic rings. The quantitative estimate of drug-likeness (QED) is 0.501. The Hall–Kier alpha value is -1.70. The van der Waals surface area contributed by atoms with E-state index in [1.807, 2.05) is 6.26 Å². The van der Waals surface area contributed by atoms with E-state index >= 15 is 0 Å². The zero-order valence-corrected chi connectivity index (χ0v) is 19.4. The maximum atomic E-state index is 12.9. The molecule has 0 N–H and O–H groups in total. The molecule has 0 aliphatic carbocycles. The topological polar surface area (TPSA) is 52.6 Å². The van der Waals surface area contributed by atoms with Crippen molar-refractivity contribution in [2.24, 2.45) is 11.3 Å². The molecule has 0 aliphatic rings. The minimum absolute atomic E-state index is 0.211. The molecule has 1 rings (SSSR count). The molecule has 0 amide bonds. The van der Waals surface area contributed by atoms with Gasteiger partial charge in [0.15, 0.2) is 0 Å². The molecule has 0 radical (unpaired) electrons. The lowest BCUT2D eigenvalue weighted by Gasteiger charge is -2.30. The Kier molecular flexibility index (Phi) is 8.84. The van der Waals surface area contributed by atoms with Crippen molar-refractivity contribution in [2.75, 3.05) is 18.6 Å². The number of ether oxygens (including phenoxy) is 2. The summed E-state index contributed by atoms with van der Waals surface area (Å²) in [4.78, 5) is 25.2. The average Bonchev–Trinajstić information content (AvgIpc) is 2.57. The number of carbonyl (C=O) groups excluding carboxylic acids is 2. The molecule has 2 unspecified atom stereocenters. The molecule has 2 atom stereocenters. The van der Waals surface area contributed by atoms with Gasteiger partial charge >= 0.3 is 18.1 Å². The van der Waals surface area contributed by atoms with E-state index in [0.29, 0.717) is 11.3 Å². The van der Waals surface area contributed by atoms with Gasteiger partial charge in [-0.3, -0.25) is 9.59 Å². The average molecular weight is 449 g/mol. The summed E-state index contributed by atoms with van der Waals surface area (Å²) in [6.45, 7) is 10.1. The Morgan fingerprint density at radius 3 is 1.93 bits per heavy atom. The Morgan fingerprint density at radius 2 is 1.53 bits per heavy atom. The van der Waals surface area contributed by atoms with Gasteiger partial charge in [0.2, 0.25) is 0 Å². The lowest BCUT2D eigenvalue weighted by atomic mass is 9.87. The maximum absolute atomic E-state index is 12.9. The van der Waals surface area contributed by atoms with Crippen molar-refractivity contribution in [3.8, 4) is 0 Å². The predicted molar refractivity (Wildman–Crippen MR) is 112 cm³/mol. The van der Waals surface area contributed by atoms with Gasteiger partial charge in [0.05, 0.1) is 16.9 Å². The van der Waals surface area contributed by atoms with Crippen LogP contribution in [-0.2, 0) is 25.2 Å². The fraction of sp³-hybridized carbons (Fsp3) is 0.636. The number of halogens is 3. The van der Waals surface area contributed by atoms with Crippen molar-refractivity contribution < 1.29 is 32.2 Å². The lowest BCUT2D eigenvalue weighted by Crippen LogP contribution is -2.37. The van der Waals surface area contributed by atoms with Gasteiger partial charge in [-0.25, -0.2) is 0 Å². The van der Waals surface area contributed by atoms with Crippen LogP contribution in [0.5, 0.6) is 0 Å². The highest BCUT2D eigenvalue weighted by molar-refractivity contribution is 7.98. The largest absolute Gasteiger partial charge is 0.464 e. The van der Waals surface area contributed by atoms with Crippen LogP contribution in [0.4, 0.5) is 13.2 Å². The zero-order valence-electron chi connectivity index (χ0n) is 18.6. The van der Waals surface area contributed by atoms with E-state index in [9.17, 15) is 22.8 Å². The number of thioether (sulfide) groups is 1. The molecule has 170 valence electrons. The first-order chi connectivity index (χ1) is 13.6. The Bertz CT molecular complexity index is 716. The van der Waals surface area contributed by atoms with Crippen molar-refractivity contribution in [3.05, 3.63) is 35.4 Å². The standard InChI is InChI=1S/C22H31F3O4S/c1-20(2,3)19(27)28-12-16(18(26)29-21(4,5)6)17(13-30-7)14-8-10-15(11-9-14)22(23,24)25/h8-11,16-17H,12-13H2,1-7H3. The van der Waals surface area contributed by atoms with Gasteiger partial charge in [0, 0.05) is 11.7 Å². The highest BCUT2D eigenvalue weighted by Gasteiger charge is 2.36. The second-order valence-electron chi connectivity index (χ2n) is 9.17. The van der Waals surface area contributed by atoms with Crippen LogP contribution >= 0.6 is 11.8 Å². The number of carbonyl (C=O) groups is 2. The molecule has 0 aromatic heterocycles. The number of hydrogen-bond donors (Lipinski definition) is 0. The summed E-state index contributed by atoms with van der Waals surface area (Å²) in [5.74, 6) is -1.90. The van der Waals surface area contributed by atoms with Crippen LogP contribution < -0.4 is 0 Å². The highest BCUT2D eigenvalue weighted by Crippen LogP contribution is 2.34. The van der Waals surface area contributed by atoms with E-state index < -0.39 is 46.5 Å². The van der Waals surface area contributed by atoms with E-state index in [-0.39, 0.29) is 6.61 Å². The summed E-state index contributed by atoms with van der Waals surface area (Å²) in [7, 11) is 0. The Balaban J connectivity index is 3.25. The summed E-state index contributed by atoms with van der Waals surface area (Å²) < 4.78 is 49.7. The number of rotatable bonds is 7. The molecule has 8 heteroatoms. The molecule has 0 bridgehead atoms. The van der Waals surface area contributed by atoms with Crippen molar-refractivity contribution >= 4 is 23.7 Å². The molecule has 0 spiro atoms. The predicted octanol–water partition coefficient (Wildman–Crippen LogP) is 5.70. The lowest BCUT2D eigenvalue weighted by molar-refractivity contribution is -0.167. The van der Waals surface area contributed by atoms with Crippen LogP contribution in [-0.4, -0.2) is 36.2 Å². The summed E-state index contributed by atoms with van der Waals surface area (Å²) >= 11 is 1.45. The van der Waals surface area contributed by atoms with Crippen molar-refractivity contribution in [2.45, 2.75) is 59.2 Å². The van der Waals surface area contributed by atoms with Gasteiger partial charge in [-0.1, -0.05) is 12.1 Å². The summed E-state index contributed by atoms with van der Waals surface area (Å²) in [6, 6.07) is 4.73. The number of hydrogen-bond acceptors (Lipinski definition) is 5. The van der Waals surface area contributed by atoms with Crippen LogP contribution in [0.15, 0.2) is 24.3 Å². The summed E-state index contributed by atoms with van der Waals surface area (Å²) in [5, 5.41) is 0. The minimum Gasteiger partial charge on any atom is -0.464 e. The number of esters is 2. The molecule has 4 nitrogen and oxygen atoms in total. The monoisotopic (exact) mass is 448 g/mol. The fourth-order valence-corrected chi connectivity index (χ4v) is 3.44. The van der Waals surface area contributed by atoms with Crippen LogP contribution in [0.2, 0.25) is 0 Å². The van der Waals surface area contributed by atoms with Gasteiger partial charge in [0.25, 0.3) is 0 Å². The second kappa shape index (κ2) is 10.1. The molecule has 1 aromatic carbocycles. The van der Waals surface area contributed by atoms with E-state index in [1.165, 1.54) is 23.9 Å². The van der Waals surface area contributed by atoms with Crippen LogP contribution in [0, 0.1) is 11.3 Å². The van der Waals surface area contributed by atoms with E-state index in [2.05, 4.69) is 0 Å². The van der Waals surface area contributed by atoms with Gasteiger partial charge in [0.1, 0.15) is 12.2 Å². The second-order valence-corrected chi connectivity index (χ2v) is 10.1. The van der Waals surface area contributed by atoms with Gasteiger partial charge in [-0.15, -0.1) is 0 Å². The van der Waals surface area contributed by atoms with Crippen molar-refractivity contribution in [3.63, 3.8) is 0 Å². The fourth-order valence-electron chi connectivity index (χ4n) is 2.65. The molecular formula is C22H31F3O4S. The first-order valence-corrected chi connectivity index (χ1v) is 11.0. The van der Waals surface area contributed by atoms with Crippen molar-refractivity contribution in [1.82, 2.24) is 0 Å². The minimum atomic E-state index is -4.44. The smallest absolute Gasteiger partial charge is 0.416 e. The van der Waals surface area contributed by atoms with Gasteiger partial charge in [-0.05, 0) is 65.5 Å². The molecule has 0 fully saturated rings. The van der Waals surface area contributed by atoms with Crippen LogP contribution in [0.1, 0.15) is 58.6 Å². The van der Waals surface area contributed by atoms with Crippen LogP contribution in [0.25, 0.3) is 0 Å². The van der Waals surface area contributed by atoms with E-state index in [4.69, 9.17) is 9.47 Å². The maximum Gasteiger partial charge on any atom is 0.416 e. The third-order valence-corrected chi connectivity index (χ3v) is 4.91. The van der Waals surface area contributed by atoms with E-state index in [0.717, 1.165) is 12.1 Å². The molecule has 0 aliphatic heterocycles. The van der Waals surface area contributed by atoms with Crippen LogP contribution in [0.3, 0.4) is 0 Å². The Labute approximate surface area is 180 Å². The number of benzene rings is 1. The third kappa shape index (κ3) is 8.20. The van der Waals surface area contributed by atoms with Crippen molar-refractivity contribution in [1.29, 1.82) is 0 Å². The molecule has 0 saturated heterocycles. The van der Waals surface area contributed by atoms with E-state index in [1.54, 1.807) is 41.5 Å². The normalized spacial score (nSPS) is 14.7.